The van der Waals surface area contributed by atoms with Gasteiger partial charge in [0.15, 0.2) is 0 Å². The number of nitrogens with one attached hydrogen (secondary N) is 1. The number of hydrogen-bond donors (Lipinski definition) is 1. The van der Waals surface area contributed by atoms with Gasteiger partial charge in [0.05, 0.1) is 5.69 Å². The molecule has 2 rings (SSSR count). The molecule has 1 aromatic rings. The van der Waals surface area contributed by atoms with Gasteiger partial charge in [-0.15, -0.1) is 0 Å². The molecule has 1 fully saturated rings. The minimum absolute atomic E-state index is 0.334. The molecule has 1 saturated carbocycles. The Morgan fingerprint density at radius 2 is 1.95 bits per heavy atom. The highest BCUT2D eigenvalue weighted by Crippen LogP contribution is 2.30. The molecule has 0 aliphatic heterocycles. The highest BCUT2D eigenvalue weighted by Gasteiger charge is 2.25. The summed E-state index contributed by atoms with van der Waals surface area (Å²) in [6.45, 7) is 8.52. The van der Waals surface area contributed by atoms with Gasteiger partial charge in [-0.2, -0.15) is 0 Å². The van der Waals surface area contributed by atoms with Crippen LogP contribution in [0, 0.1) is 11.8 Å². The number of rotatable bonds is 5. The Balaban J connectivity index is 1.94. The molecule has 1 N–H and O–H groups in total. The van der Waals surface area contributed by atoms with E-state index >= 15 is 0 Å². The second kappa shape index (κ2) is 6.90. The summed E-state index contributed by atoms with van der Waals surface area (Å²) in [4.78, 5) is 4.57. The number of hydrogen-bond acceptors (Lipinski definition) is 3. The molecule has 3 heteroatoms. The molecule has 0 radical (unpaired) electrons. The molecule has 0 saturated heterocycles. The lowest BCUT2D eigenvalue weighted by atomic mass is 9.82. The Labute approximate surface area is 116 Å². The van der Waals surface area contributed by atoms with Gasteiger partial charge in [-0.05, 0) is 43.7 Å². The van der Waals surface area contributed by atoms with Crippen LogP contribution in [-0.4, -0.2) is 17.6 Å². The molecular weight excluding hydrogens is 236 g/mol. The second-order valence-electron chi connectivity index (χ2n) is 5.90. The number of pyridine rings is 1. The Bertz CT molecular complexity index is 384. The van der Waals surface area contributed by atoms with Crippen molar-refractivity contribution in [2.24, 2.45) is 11.8 Å². The van der Waals surface area contributed by atoms with Crippen molar-refractivity contribution in [3.8, 4) is 5.88 Å². The van der Waals surface area contributed by atoms with E-state index in [-0.39, 0.29) is 0 Å². The minimum atomic E-state index is 0.334. The molecule has 2 atom stereocenters. The SMILES string of the molecule is CCNCc1cccc(OC2CC(C)CC(C)C2)n1. The third-order valence-corrected chi connectivity index (χ3v) is 3.76. The van der Waals surface area contributed by atoms with Gasteiger partial charge < -0.3 is 10.1 Å². The van der Waals surface area contributed by atoms with Crippen LogP contribution in [0.2, 0.25) is 0 Å². The van der Waals surface area contributed by atoms with E-state index in [9.17, 15) is 0 Å². The van der Waals surface area contributed by atoms with Crippen LogP contribution in [0.3, 0.4) is 0 Å². The number of ether oxygens (including phenoxy) is 1. The van der Waals surface area contributed by atoms with Crippen LogP contribution < -0.4 is 10.1 Å². The van der Waals surface area contributed by atoms with Crippen molar-refractivity contribution < 1.29 is 4.74 Å². The minimum Gasteiger partial charge on any atom is -0.474 e. The largest absolute Gasteiger partial charge is 0.474 e. The fraction of sp³-hybridized carbons (Fsp3) is 0.688. The van der Waals surface area contributed by atoms with Crippen molar-refractivity contribution in [3.05, 3.63) is 23.9 Å². The summed E-state index contributed by atoms with van der Waals surface area (Å²) >= 11 is 0. The first-order valence-electron chi connectivity index (χ1n) is 7.50. The molecule has 2 unspecified atom stereocenters. The highest BCUT2D eigenvalue weighted by atomic mass is 16.5. The molecule has 106 valence electrons. The monoisotopic (exact) mass is 262 g/mol. The van der Waals surface area contributed by atoms with E-state index in [4.69, 9.17) is 4.74 Å². The Kier molecular flexibility index (Phi) is 5.20. The summed E-state index contributed by atoms with van der Waals surface area (Å²) in [7, 11) is 0. The van der Waals surface area contributed by atoms with Crippen LogP contribution in [-0.2, 0) is 6.54 Å². The zero-order chi connectivity index (χ0) is 13.7. The summed E-state index contributed by atoms with van der Waals surface area (Å²) in [5, 5.41) is 3.29. The van der Waals surface area contributed by atoms with Crippen molar-refractivity contribution in [1.82, 2.24) is 10.3 Å². The van der Waals surface area contributed by atoms with Crippen LogP contribution in [0.1, 0.15) is 45.7 Å². The summed E-state index contributed by atoms with van der Waals surface area (Å²) in [6.07, 6.45) is 3.97. The van der Waals surface area contributed by atoms with Crippen molar-refractivity contribution >= 4 is 0 Å². The predicted molar refractivity (Wildman–Crippen MR) is 78.2 cm³/mol. The number of aromatic nitrogens is 1. The Morgan fingerprint density at radius 1 is 1.21 bits per heavy atom. The molecule has 1 aromatic heterocycles. The lowest BCUT2D eigenvalue weighted by molar-refractivity contribution is 0.0965. The van der Waals surface area contributed by atoms with Crippen molar-refractivity contribution in [2.45, 2.75) is 52.7 Å². The smallest absolute Gasteiger partial charge is 0.213 e. The average molecular weight is 262 g/mol. The van der Waals surface area contributed by atoms with Crippen LogP contribution in [0.15, 0.2) is 18.2 Å². The first-order chi connectivity index (χ1) is 9.17. The first kappa shape index (κ1) is 14.3. The topological polar surface area (TPSA) is 34.1 Å². The molecule has 0 aromatic carbocycles. The summed E-state index contributed by atoms with van der Waals surface area (Å²) in [5.41, 5.74) is 1.05. The average Bonchev–Trinajstić information content (AvgIpc) is 2.35. The van der Waals surface area contributed by atoms with Gasteiger partial charge in [-0.3, -0.25) is 0 Å². The normalized spacial score (nSPS) is 27.2. The second-order valence-corrected chi connectivity index (χ2v) is 5.90. The Hall–Kier alpha value is -1.09. The van der Waals surface area contributed by atoms with Gasteiger partial charge in [0, 0.05) is 12.6 Å². The quantitative estimate of drug-likeness (QED) is 0.883. The van der Waals surface area contributed by atoms with E-state index in [1.54, 1.807) is 0 Å². The molecule has 1 heterocycles. The zero-order valence-electron chi connectivity index (χ0n) is 12.4. The van der Waals surface area contributed by atoms with Gasteiger partial charge >= 0.3 is 0 Å². The van der Waals surface area contributed by atoms with Crippen molar-refractivity contribution in [3.63, 3.8) is 0 Å². The van der Waals surface area contributed by atoms with Crippen LogP contribution in [0.4, 0.5) is 0 Å². The van der Waals surface area contributed by atoms with Crippen molar-refractivity contribution in [2.75, 3.05) is 6.54 Å². The maximum absolute atomic E-state index is 6.08. The molecule has 0 spiro atoms. The number of nitrogens with zero attached hydrogens (tertiary/aromatic N) is 1. The molecule has 3 nitrogen and oxygen atoms in total. The van der Waals surface area contributed by atoms with Crippen LogP contribution >= 0.6 is 0 Å². The maximum Gasteiger partial charge on any atom is 0.213 e. The maximum atomic E-state index is 6.08. The van der Waals surface area contributed by atoms with Gasteiger partial charge in [-0.25, -0.2) is 4.98 Å². The fourth-order valence-electron chi connectivity index (χ4n) is 3.01. The lowest BCUT2D eigenvalue weighted by Gasteiger charge is -2.31. The van der Waals surface area contributed by atoms with E-state index in [0.717, 1.165) is 49.3 Å². The molecule has 0 amide bonds. The van der Waals surface area contributed by atoms with E-state index in [1.807, 2.05) is 18.2 Å². The van der Waals surface area contributed by atoms with Gasteiger partial charge in [0.1, 0.15) is 6.10 Å². The molecule has 1 aliphatic rings. The lowest BCUT2D eigenvalue weighted by Crippen LogP contribution is -2.28. The summed E-state index contributed by atoms with van der Waals surface area (Å²) < 4.78 is 6.08. The van der Waals surface area contributed by atoms with Gasteiger partial charge in [-0.1, -0.05) is 26.8 Å². The standard InChI is InChI=1S/C16H26N2O/c1-4-17-11-14-6-5-7-16(18-14)19-15-9-12(2)8-13(3)10-15/h5-7,12-13,15,17H,4,8-11H2,1-3H3. The highest BCUT2D eigenvalue weighted by molar-refractivity contribution is 5.16. The molecular formula is C16H26N2O. The third kappa shape index (κ3) is 4.50. The summed E-state index contributed by atoms with van der Waals surface area (Å²) in [5.74, 6) is 2.30. The first-order valence-corrected chi connectivity index (χ1v) is 7.50. The van der Waals surface area contributed by atoms with Crippen molar-refractivity contribution in [1.29, 1.82) is 0 Å². The molecule has 1 aliphatic carbocycles. The van der Waals surface area contributed by atoms with Crippen LogP contribution in [0.25, 0.3) is 0 Å². The predicted octanol–water partition coefficient (Wildman–Crippen LogP) is 3.39. The zero-order valence-corrected chi connectivity index (χ0v) is 12.4. The van der Waals surface area contributed by atoms with Crippen LogP contribution in [0.5, 0.6) is 5.88 Å². The Morgan fingerprint density at radius 3 is 2.63 bits per heavy atom. The van der Waals surface area contributed by atoms with E-state index in [0.29, 0.717) is 6.10 Å². The summed E-state index contributed by atoms with van der Waals surface area (Å²) in [6, 6.07) is 6.05. The van der Waals surface area contributed by atoms with Gasteiger partial charge in [0.25, 0.3) is 0 Å². The third-order valence-electron chi connectivity index (χ3n) is 3.76. The van der Waals surface area contributed by atoms with E-state index < -0.39 is 0 Å². The molecule has 19 heavy (non-hydrogen) atoms. The fourth-order valence-corrected chi connectivity index (χ4v) is 3.01. The van der Waals surface area contributed by atoms with Gasteiger partial charge in [0.2, 0.25) is 5.88 Å². The van der Waals surface area contributed by atoms with E-state index in [2.05, 4.69) is 31.1 Å². The molecule has 0 bridgehead atoms. The van der Waals surface area contributed by atoms with E-state index in [1.165, 1.54) is 6.42 Å².